The first-order valence-electron chi connectivity index (χ1n) is 7.96. The van der Waals surface area contributed by atoms with Gasteiger partial charge >= 0.3 is 5.97 Å². The van der Waals surface area contributed by atoms with Crippen molar-refractivity contribution < 1.29 is 14.5 Å². The summed E-state index contributed by atoms with van der Waals surface area (Å²) in [5.74, 6) is -0.568. The van der Waals surface area contributed by atoms with Crippen LogP contribution >= 0.6 is 15.9 Å². The minimum absolute atomic E-state index is 0.141. The Morgan fingerprint density at radius 2 is 1.80 bits per heavy atom. The summed E-state index contributed by atoms with van der Waals surface area (Å²) in [5, 5.41) is 14.4. The van der Waals surface area contributed by atoms with Gasteiger partial charge in [-0.15, -0.1) is 0 Å². The molecule has 0 spiro atoms. The number of esters is 1. The van der Waals surface area contributed by atoms with Crippen LogP contribution in [0.25, 0.3) is 0 Å². The van der Waals surface area contributed by atoms with E-state index in [4.69, 9.17) is 4.74 Å². The number of hydrogen-bond acceptors (Lipinski definition) is 5. The van der Waals surface area contributed by atoms with Crippen LogP contribution in [0.3, 0.4) is 0 Å². The number of benzene rings is 2. The fourth-order valence-electron chi connectivity index (χ4n) is 3.07. The number of nitro benzene ring substituents is 1. The van der Waals surface area contributed by atoms with Crippen molar-refractivity contribution in [2.75, 3.05) is 13.1 Å². The van der Waals surface area contributed by atoms with Gasteiger partial charge in [0.25, 0.3) is 5.69 Å². The number of piperidine rings is 1. The topological polar surface area (TPSA) is 81.5 Å². The molecule has 1 saturated heterocycles. The van der Waals surface area contributed by atoms with Crippen molar-refractivity contribution in [1.82, 2.24) is 5.32 Å². The second-order valence-electron chi connectivity index (χ2n) is 5.90. The van der Waals surface area contributed by atoms with Crippen LogP contribution in [0, 0.1) is 10.1 Å². The molecule has 3 rings (SSSR count). The molecule has 0 saturated carbocycles. The summed E-state index contributed by atoms with van der Waals surface area (Å²) >= 11 is 3.17. The molecular formula is C18H17BrN2O4. The number of nitro groups is 1. The molecule has 2 aromatic rings. The maximum atomic E-state index is 12.8. The first-order chi connectivity index (χ1) is 12.0. The molecule has 1 heterocycles. The monoisotopic (exact) mass is 404 g/mol. The Labute approximate surface area is 153 Å². The van der Waals surface area contributed by atoms with Crippen LogP contribution in [0.15, 0.2) is 53.0 Å². The number of ether oxygens (including phenoxy) is 1. The van der Waals surface area contributed by atoms with Gasteiger partial charge in [0.15, 0.2) is 0 Å². The molecule has 0 amide bonds. The summed E-state index contributed by atoms with van der Waals surface area (Å²) in [5.41, 5.74) is 0.205. The number of nitrogens with one attached hydrogen (secondary N) is 1. The van der Waals surface area contributed by atoms with E-state index in [1.165, 1.54) is 18.2 Å². The van der Waals surface area contributed by atoms with Gasteiger partial charge < -0.3 is 10.1 Å². The van der Waals surface area contributed by atoms with E-state index in [1.807, 2.05) is 30.3 Å². The number of rotatable bonds is 4. The number of carbonyl (C=O) groups excluding carboxylic acids is 1. The smallest absolute Gasteiger partial charge is 0.340 e. The standard InChI is InChI=1S/C18H17BrN2O4/c19-16-14(7-4-8-15(16)21(23)24)17(22)25-18(9-11-20-12-10-18)13-5-2-1-3-6-13/h1-8,20H,9-12H2. The number of halogens is 1. The third-order valence-corrected chi connectivity index (χ3v) is 5.23. The highest BCUT2D eigenvalue weighted by molar-refractivity contribution is 9.10. The number of nitrogens with zero attached hydrogens (tertiary/aromatic N) is 1. The lowest BCUT2D eigenvalue weighted by Gasteiger charge is -2.37. The molecule has 0 aromatic heterocycles. The molecule has 1 aliphatic rings. The van der Waals surface area contributed by atoms with Crippen LogP contribution in [0.5, 0.6) is 0 Å². The molecule has 0 aliphatic carbocycles. The van der Waals surface area contributed by atoms with Crippen LogP contribution in [0.4, 0.5) is 5.69 Å². The maximum Gasteiger partial charge on any atom is 0.340 e. The summed E-state index contributed by atoms with van der Waals surface area (Å²) in [6, 6.07) is 14.0. The normalized spacial score (nSPS) is 16.2. The van der Waals surface area contributed by atoms with Gasteiger partial charge in [0.1, 0.15) is 10.1 Å². The molecule has 1 aliphatic heterocycles. The Morgan fingerprint density at radius 1 is 1.12 bits per heavy atom. The minimum Gasteiger partial charge on any atom is -0.450 e. The first-order valence-corrected chi connectivity index (χ1v) is 8.75. The summed E-state index contributed by atoms with van der Waals surface area (Å²) in [6.07, 6.45) is 1.30. The van der Waals surface area contributed by atoms with E-state index in [0.717, 1.165) is 18.7 Å². The molecule has 7 heteroatoms. The summed E-state index contributed by atoms with van der Waals surface area (Å²) in [4.78, 5) is 23.3. The third-order valence-electron chi connectivity index (χ3n) is 4.39. The van der Waals surface area contributed by atoms with Gasteiger partial charge in [0.2, 0.25) is 0 Å². The lowest BCUT2D eigenvalue weighted by Crippen LogP contribution is -2.43. The molecule has 0 radical (unpaired) electrons. The fourth-order valence-corrected chi connectivity index (χ4v) is 3.64. The fraction of sp³-hybridized carbons (Fsp3) is 0.278. The van der Waals surface area contributed by atoms with E-state index < -0.39 is 16.5 Å². The van der Waals surface area contributed by atoms with Gasteiger partial charge in [0.05, 0.1) is 10.5 Å². The number of hydrogen-bond donors (Lipinski definition) is 1. The Bertz CT molecular complexity index is 789. The van der Waals surface area contributed by atoms with E-state index in [9.17, 15) is 14.9 Å². The summed E-state index contributed by atoms with van der Waals surface area (Å²) < 4.78 is 6.08. The zero-order valence-electron chi connectivity index (χ0n) is 13.4. The van der Waals surface area contributed by atoms with Crippen LogP contribution in [-0.4, -0.2) is 24.0 Å². The molecule has 1 fully saturated rings. The average Bonchev–Trinajstić information content (AvgIpc) is 2.63. The van der Waals surface area contributed by atoms with E-state index >= 15 is 0 Å². The van der Waals surface area contributed by atoms with Gasteiger partial charge in [-0.05, 0) is 40.6 Å². The Hall–Kier alpha value is -2.25. The predicted molar refractivity (Wildman–Crippen MR) is 96.4 cm³/mol. The molecule has 6 nitrogen and oxygen atoms in total. The Balaban J connectivity index is 1.94. The predicted octanol–water partition coefficient (Wildman–Crippen LogP) is 3.79. The zero-order valence-corrected chi connectivity index (χ0v) is 15.0. The van der Waals surface area contributed by atoms with Crippen molar-refractivity contribution >= 4 is 27.6 Å². The largest absolute Gasteiger partial charge is 0.450 e. The van der Waals surface area contributed by atoms with Crippen molar-refractivity contribution in [2.24, 2.45) is 0 Å². The van der Waals surface area contributed by atoms with E-state index in [2.05, 4.69) is 21.2 Å². The second kappa shape index (κ2) is 7.33. The Morgan fingerprint density at radius 3 is 2.44 bits per heavy atom. The molecule has 25 heavy (non-hydrogen) atoms. The highest BCUT2D eigenvalue weighted by atomic mass is 79.9. The zero-order chi connectivity index (χ0) is 17.9. The minimum atomic E-state index is -0.729. The maximum absolute atomic E-state index is 12.8. The molecular weight excluding hydrogens is 388 g/mol. The first kappa shape index (κ1) is 17.6. The van der Waals surface area contributed by atoms with Gasteiger partial charge in [-0.25, -0.2) is 4.79 Å². The van der Waals surface area contributed by atoms with Crippen molar-refractivity contribution in [3.05, 3.63) is 74.2 Å². The second-order valence-corrected chi connectivity index (χ2v) is 6.69. The lowest BCUT2D eigenvalue weighted by molar-refractivity contribution is -0.385. The molecule has 1 N–H and O–H groups in total. The van der Waals surface area contributed by atoms with Crippen LogP contribution in [0.1, 0.15) is 28.8 Å². The molecule has 0 atom stereocenters. The Kier molecular flexibility index (Phi) is 5.15. The third kappa shape index (κ3) is 3.57. The highest BCUT2D eigenvalue weighted by Crippen LogP contribution is 2.37. The SMILES string of the molecule is O=C(OC1(c2ccccc2)CCNCC1)c1cccc([N+](=O)[O-])c1Br. The van der Waals surface area contributed by atoms with Crippen LogP contribution in [0.2, 0.25) is 0 Å². The van der Waals surface area contributed by atoms with E-state index in [1.54, 1.807) is 0 Å². The van der Waals surface area contributed by atoms with Crippen LogP contribution in [-0.2, 0) is 10.3 Å². The van der Waals surface area contributed by atoms with Gasteiger partial charge in [-0.2, -0.15) is 0 Å². The quantitative estimate of drug-likeness (QED) is 0.476. The van der Waals surface area contributed by atoms with Gasteiger partial charge in [-0.1, -0.05) is 36.4 Å². The van der Waals surface area contributed by atoms with Crippen molar-refractivity contribution in [3.8, 4) is 0 Å². The van der Waals surface area contributed by atoms with E-state index in [-0.39, 0.29) is 15.7 Å². The average molecular weight is 405 g/mol. The van der Waals surface area contributed by atoms with Gasteiger partial charge in [-0.3, -0.25) is 10.1 Å². The summed E-state index contributed by atoms with van der Waals surface area (Å²) in [7, 11) is 0. The van der Waals surface area contributed by atoms with Crippen molar-refractivity contribution in [3.63, 3.8) is 0 Å². The van der Waals surface area contributed by atoms with Crippen molar-refractivity contribution in [1.29, 1.82) is 0 Å². The summed E-state index contributed by atoms with van der Waals surface area (Å²) in [6.45, 7) is 1.47. The van der Waals surface area contributed by atoms with Crippen LogP contribution < -0.4 is 5.32 Å². The molecule has 0 bridgehead atoms. The van der Waals surface area contributed by atoms with E-state index in [0.29, 0.717) is 12.8 Å². The molecule has 2 aromatic carbocycles. The van der Waals surface area contributed by atoms with Crippen molar-refractivity contribution in [2.45, 2.75) is 18.4 Å². The number of carbonyl (C=O) groups is 1. The molecule has 130 valence electrons. The molecule has 0 unspecified atom stereocenters. The lowest BCUT2D eigenvalue weighted by atomic mass is 9.84. The van der Waals surface area contributed by atoms with Gasteiger partial charge in [0, 0.05) is 18.9 Å². The highest BCUT2D eigenvalue weighted by Gasteiger charge is 2.38.